The summed E-state index contributed by atoms with van der Waals surface area (Å²) >= 11 is 0. The molecule has 1 saturated heterocycles. The van der Waals surface area contributed by atoms with E-state index < -0.39 is 15.6 Å². The number of sulfonamides is 1. The quantitative estimate of drug-likeness (QED) is 0.748. The van der Waals surface area contributed by atoms with Crippen LogP contribution in [0.25, 0.3) is 0 Å². The van der Waals surface area contributed by atoms with Crippen LogP contribution in [0.3, 0.4) is 0 Å². The summed E-state index contributed by atoms with van der Waals surface area (Å²) < 4.78 is 27.2. The summed E-state index contributed by atoms with van der Waals surface area (Å²) in [5.41, 5.74) is 2.39. The number of nitrogens with one attached hydrogen (secondary N) is 1. The van der Waals surface area contributed by atoms with Crippen LogP contribution in [0.2, 0.25) is 0 Å². The third-order valence-corrected chi connectivity index (χ3v) is 6.65. The molecule has 0 radical (unpaired) electrons. The van der Waals surface area contributed by atoms with Gasteiger partial charge in [-0.25, -0.2) is 8.42 Å². The molecule has 1 fully saturated rings. The molecule has 0 spiro atoms. The molecule has 0 bridgehead atoms. The molecule has 1 aromatic carbocycles. The lowest BCUT2D eigenvalue weighted by Crippen LogP contribution is -2.50. The fourth-order valence-electron chi connectivity index (χ4n) is 3.39. The van der Waals surface area contributed by atoms with Gasteiger partial charge in [0.2, 0.25) is 15.9 Å². The molecule has 1 aliphatic rings. The predicted molar refractivity (Wildman–Crippen MR) is 118 cm³/mol. The SMILES string of the molecule is CCS(=O)(=O)Nc1ccc(C)n(CC(=O)N2CCN(c3ccc(C)cc3)CC2)c1=O. The van der Waals surface area contributed by atoms with Crippen molar-refractivity contribution in [3.63, 3.8) is 0 Å². The standard InChI is InChI=1S/C21H28N4O4S/c1-4-30(28,29)22-19-10-7-17(3)25(21(19)27)15-20(26)24-13-11-23(12-14-24)18-8-5-16(2)6-9-18/h5-10,22H,4,11-15H2,1-3H3. The highest BCUT2D eigenvalue weighted by atomic mass is 32.2. The average molecular weight is 433 g/mol. The van der Waals surface area contributed by atoms with Crippen LogP contribution in [0.15, 0.2) is 41.2 Å². The number of pyridine rings is 1. The minimum Gasteiger partial charge on any atom is -0.368 e. The number of hydrogen-bond acceptors (Lipinski definition) is 5. The van der Waals surface area contributed by atoms with E-state index in [0.717, 1.165) is 18.8 Å². The van der Waals surface area contributed by atoms with E-state index in [-0.39, 0.29) is 23.9 Å². The summed E-state index contributed by atoms with van der Waals surface area (Å²) in [5, 5.41) is 0. The van der Waals surface area contributed by atoms with Gasteiger partial charge in [0.05, 0.1) is 5.75 Å². The van der Waals surface area contributed by atoms with Gasteiger partial charge in [0.15, 0.2) is 0 Å². The van der Waals surface area contributed by atoms with Crippen molar-refractivity contribution >= 4 is 27.3 Å². The number of carbonyl (C=O) groups excluding carboxylic acids is 1. The van der Waals surface area contributed by atoms with Crippen molar-refractivity contribution in [2.24, 2.45) is 0 Å². The maximum Gasteiger partial charge on any atom is 0.275 e. The van der Waals surface area contributed by atoms with Gasteiger partial charge in [-0.1, -0.05) is 17.7 Å². The molecular formula is C21H28N4O4S. The van der Waals surface area contributed by atoms with Crippen LogP contribution in [0.5, 0.6) is 0 Å². The molecule has 2 aromatic rings. The first kappa shape index (κ1) is 21.9. The molecule has 8 nitrogen and oxygen atoms in total. The van der Waals surface area contributed by atoms with Gasteiger partial charge in [-0.15, -0.1) is 0 Å². The Hall–Kier alpha value is -2.81. The van der Waals surface area contributed by atoms with E-state index in [9.17, 15) is 18.0 Å². The number of benzene rings is 1. The van der Waals surface area contributed by atoms with Gasteiger partial charge in [0, 0.05) is 37.6 Å². The Kier molecular flexibility index (Phi) is 6.50. The number of piperazine rings is 1. The second-order valence-electron chi connectivity index (χ2n) is 7.49. The molecule has 0 unspecified atom stereocenters. The molecule has 0 atom stereocenters. The number of amides is 1. The Morgan fingerprint density at radius 3 is 2.23 bits per heavy atom. The zero-order valence-corrected chi connectivity index (χ0v) is 18.4. The Morgan fingerprint density at radius 2 is 1.63 bits per heavy atom. The van der Waals surface area contributed by atoms with Crippen molar-refractivity contribution in [1.29, 1.82) is 0 Å². The lowest BCUT2D eigenvalue weighted by Gasteiger charge is -2.36. The molecule has 3 rings (SSSR count). The molecule has 0 aliphatic carbocycles. The van der Waals surface area contributed by atoms with Gasteiger partial charge < -0.3 is 14.4 Å². The largest absolute Gasteiger partial charge is 0.368 e. The molecule has 1 amide bonds. The van der Waals surface area contributed by atoms with Crippen LogP contribution in [-0.4, -0.2) is 55.7 Å². The summed E-state index contributed by atoms with van der Waals surface area (Å²) in [6.45, 7) is 7.74. The van der Waals surface area contributed by atoms with Crippen molar-refractivity contribution in [3.8, 4) is 0 Å². The van der Waals surface area contributed by atoms with Gasteiger partial charge in [-0.2, -0.15) is 0 Å². The molecule has 30 heavy (non-hydrogen) atoms. The molecule has 1 aromatic heterocycles. The number of anilines is 2. The molecule has 0 saturated carbocycles. The topological polar surface area (TPSA) is 91.7 Å². The fraction of sp³-hybridized carbons (Fsp3) is 0.429. The summed E-state index contributed by atoms with van der Waals surface area (Å²) in [6.07, 6.45) is 0. The van der Waals surface area contributed by atoms with Crippen LogP contribution in [-0.2, 0) is 21.4 Å². The van der Waals surface area contributed by atoms with E-state index in [2.05, 4.69) is 33.9 Å². The molecule has 162 valence electrons. The maximum absolute atomic E-state index is 12.8. The van der Waals surface area contributed by atoms with E-state index >= 15 is 0 Å². The average Bonchev–Trinajstić information content (AvgIpc) is 2.74. The van der Waals surface area contributed by atoms with Gasteiger partial charge in [0.1, 0.15) is 12.2 Å². The fourth-order valence-corrected chi connectivity index (χ4v) is 4.02. The van der Waals surface area contributed by atoms with Crippen LogP contribution in [0.1, 0.15) is 18.2 Å². The Balaban J connectivity index is 1.68. The van der Waals surface area contributed by atoms with E-state index in [4.69, 9.17) is 0 Å². The van der Waals surface area contributed by atoms with E-state index in [0.29, 0.717) is 18.8 Å². The first-order valence-corrected chi connectivity index (χ1v) is 11.7. The van der Waals surface area contributed by atoms with Gasteiger partial charge in [-0.3, -0.25) is 14.3 Å². The number of aryl methyl sites for hydroxylation is 2. The zero-order chi connectivity index (χ0) is 21.9. The number of nitrogens with zero attached hydrogens (tertiary/aromatic N) is 3. The molecule has 1 aliphatic heterocycles. The third-order valence-electron chi connectivity index (χ3n) is 5.36. The smallest absolute Gasteiger partial charge is 0.275 e. The zero-order valence-electron chi connectivity index (χ0n) is 17.6. The minimum atomic E-state index is -3.57. The third kappa shape index (κ3) is 5.02. The lowest BCUT2D eigenvalue weighted by atomic mass is 10.2. The highest BCUT2D eigenvalue weighted by Gasteiger charge is 2.23. The highest BCUT2D eigenvalue weighted by Crippen LogP contribution is 2.17. The Labute approximate surface area is 177 Å². The first-order valence-electron chi connectivity index (χ1n) is 10.0. The van der Waals surface area contributed by atoms with E-state index in [1.165, 1.54) is 23.1 Å². The first-order chi connectivity index (χ1) is 14.2. The number of hydrogen-bond donors (Lipinski definition) is 1. The second-order valence-corrected chi connectivity index (χ2v) is 9.50. The van der Waals surface area contributed by atoms with Crippen molar-refractivity contribution < 1.29 is 13.2 Å². The van der Waals surface area contributed by atoms with Gasteiger partial charge in [-0.05, 0) is 45.0 Å². The molecule has 2 heterocycles. The normalized spacial score (nSPS) is 14.6. The molecule has 9 heteroatoms. The molecule has 1 N–H and O–H groups in total. The second kappa shape index (κ2) is 8.91. The minimum absolute atomic E-state index is 0.0422. The van der Waals surface area contributed by atoms with Gasteiger partial charge >= 0.3 is 0 Å². The lowest BCUT2D eigenvalue weighted by molar-refractivity contribution is -0.132. The monoisotopic (exact) mass is 432 g/mol. The van der Waals surface area contributed by atoms with Crippen molar-refractivity contribution in [3.05, 3.63) is 58.0 Å². The maximum atomic E-state index is 12.8. The van der Waals surface area contributed by atoms with Crippen molar-refractivity contribution in [2.75, 3.05) is 41.6 Å². The van der Waals surface area contributed by atoms with Gasteiger partial charge in [0.25, 0.3) is 5.56 Å². The van der Waals surface area contributed by atoms with Crippen molar-refractivity contribution in [1.82, 2.24) is 9.47 Å². The van der Waals surface area contributed by atoms with Crippen LogP contribution < -0.4 is 15.2 Å². The number of rotatable bonds is 6. The molecular weight excluding hydrogens is 404 g/mol. The summed E-state index contributed by atoms with van der Waals surface area (Å²) in [4.78, 5) is 29.5. The van der Waals surface area contributed by atoms with Crippen LogP contribution in [0, 0.1) is 13.8 Å². The number of aromatic nitrogens is 1. The predicted octanol–water partition coefficient (Wildman–Crippen LogP) is 1.58. The summed E-state index contributed by atoms with van der Waals surface area (Å²) in [7, 11) is -3.57. The van der Waals surface area contributed by atoms with E-state index in [1.54, 1.807) is 17.9 Å². The van der Waals surface area contributed by atoms with Crippen LogP contribution >= 0.6 is 0 Å². The Morgan fingerprint density at radius 1 is 1.00 bits per heavy atom. The van der Waals surface area contributed by atoms with Crippen molar-refractivity contribution in [2.45, 2.75) is 27.3 Å². The van der Waals surface area contributed by atoms with Crippen LogP contribution in [0.4, 0.5) is 11.4 Å². The summed E-state index contributed by atoms with van der Waals surface area (Å²) in [6, 6.07) is 11.4. The van der Waals surface area contributed by atoms with E-state index in [1.807, 2.05) is 6.92 Å². The Bertz CT molecular complexity index is 1070. The summed E-state index contributed by atoms with van der Waals surface area (Å²) in [5.74, 6) is -0.288. The number of carbonyl (C=O) groups is 1. The highest BCUT2D eigenvalue weighted by molar-refractivity contribution is 7.92.